The fourth-order valence-electron chi connectivity index (χ4n) is 4.45. The van der Waals surface area contributed by atoms with Gasteiger partial charge < -0.3 is 9.64 Å². The average molecular weight is 481 g/mol. The van der Waals surface area contributed by atoms with Crippen molar-refractivity contribution in [3.8, 4) is 0 Å². The number of rotatable bonds is 7. The highest BCUT2D eigenvalue weighted by Crippen LogP contribution is 2.33. The van der Waals surface area contributed by atoms with Crippen LogP contribution in [0.1, 0.15) is 41.6 Å². The number of carbonyl (C=O) groups excluding carboxylic acids is 2. The maximum Gasteiger partial charge on any atom is 0.262 e. The van der Waals surface area contributed by atoms with Crippen LogP contribution in [-0.4, -0.2) is 78.3 Å². The third-order valence-electron chi connectivity index (χ3n) is 6.82. The highest BCUT2D eigenvalue weighted by molar-refractivity contribution is 6.03. The number of halogens is 1. The second kappa shape index (κ2) is 11.1. The first-order valence-electron chi connectivity index (χ1n) is 12.1. The van der Waals surface area contributed by atoms with Crippen molar-refractivity contribution in [1.29, 1.82) is 0 Å². The third-order valence-corrected chi connectivity index (χ3v) is 6.82. The molecule has 8 heteroatoms. The van der Waals surface area contributed by atoms with E-state index in [-0.39, 0.29) is 30.2 Å². The summed E-state index contributed by atoms with van der Waals surface area (Å²) in [5.74, 6) is -0.733. The second-order valence-corrected chi connectivity index (χ2v) is 9.25. The Morgan fingerprint density at radius 1 is 1.09 bits per heavy atom. The number of amides is 2. The molecule has 0 bridgehead atoms. The smallest absolute Gasteiger partial charge is 0.262 e. The van der Waals surface area contributed by atoms with E-state index in [1.54, 1.807) is 17.0 Å². The minimum atomic E-state index is -0.354. The lowest BCUT2D eigenvalue weighted by molar-refractivity contribution is -0.140. The standard InChI is InChI=1S/C27H33FN4O3/c1-19-4-5-23(16-20(19)2)25-17-26(22-6-8-24(28)9-7-22)32(29-25)27(34)18-31(21(3)33)11-10-30-12-14-35-15-13-30/h4-9,16,26H,10-15,17-18H2,1-3H3/t26-/m1/s1. The van der Waals surface area contributed by atoms with Crippen molar-refractivity contribution in [2.75, 3.05) is 45.9 Å². The molecule has 2 aliphatic rings. The molecule has 0 spiro atoms. The zero-order valence-corrected chi connectivity index (χ0v) is 20.7. The number of carbonyl (C=O) groups is 2. The Balaban J connectivity index is 1.54. The summed E-state index contributed by atoms with van der Waals surface area (Å²) in [7, 11) is 0. The highest BCUT2D eigenvalue weighted by Gasteiger charge is 2.34. The molecular formula is C27H33FN4O3. The molecule has 1 fully saturated rings. The fraction of sp³-hybridized carbons (Fsp3) is 0.444. The Bertz CT molecular complexity index is 1100. The number of hydrazone groups is 1. The number of hydrogen-bond donors (Lipinski definition) is 0. The zero-order valence-electron chi connectivity index (χ0n) is 20.7. The van der Waals surface area contributed by atoms with Crippen LogP contribution in [0.2, 0.25) is 0 Å². The van der Waals surface area contributed by atoms with E-state index in [1.807, 2.05) is 19.1 Å². The van der Waals surface area contributed by atoms with Gasteiger partial charge in [0.1, 0.15) is 12.4 Å². The lowest BCUT2D eigenvalue weighted by atomic mass is 9.96. The molecule has 0 unspecified atom stereocenters. The molecule has 186 valence electrons. The minimum Gasteiger partial charge on any atom is -0.379 e. The summed E-state index contributed by atoms with van der Waals surface area (Å²) in [4.78, 5) is 29.6. The maximum absolute atomic E-state index is 13.6. The maximum atomic E-state index is 13.6. The van der Waals surface area contributed by atoms with Crippen LogP contribution in [-0.2, 0) is 14.3 Å². The predicted octanol–water partition coefficient (Wildman–Crippen LogP) is 3.30. The van der Waals surface area contributed by atoms with Crippen molar-refractivity contribution in [3.05, 3.63) is 70.5 Å². The molecule has 0 radical (unpaired) electrons. The number of hydrogen-bond acceptors (Lipinski definition) is 5. The van der Waals surface area contributed by atoms with Crippen LogP contribution in [0.15, 0.2) is 47.6 Å². The summed E-state index contributed by atoms with van der Waals surface area (Å²) in [5, 5.41) is 6.19. The highest BCUT2D eigenvalue weighted by atomic mass is 19.1. The van der Waals surface area contributed by atoms with Crippen molar-refractivity contribution in [1.82, 2.24) is 14.8 Å². The predicted molar refractivity (Wildman–Crippen MR) is 133 cm³/mol. The molecule has 2 heterocycles. The molecular weight excluding hydrogens is 447 g/mol. The molecule has 2 aliphatic heterocycles. The number of aryl methyl sites for hydroxylation is 2. The molecule has 0 saturated carbocycles. The molecule has 2 aromatic carbocycles. The summed E-state index contributed by atoms with van der Waals surface area (Å²) in [6.07, 6.45) is 0.522. The lowest BCUT2D eigenvalue weighted by Gasteiger charge is -2.30. The van der Waals surface area contributed by atoms with Crippen molar-refractivity contribution in [2.45, 2.75) is 33.2 Å². The normalized spacial score (nSPS) is 18.5. The van der Waals surface area contributed by atoms with Crippen molar-refractivity contribution >= 4 is 17.5 Å². The van der Waals surface area contributed by atoms with Gasteiger partial charge in [0.25, 0.3) is 5.91 Å². The second-order valence-electron chi connectivity index (χ2n) is 9.25. The zero-order chi connectivity index (χ0) is 24.9. The van der Waals surface area contributed by atoms with Gasteiger partial charge >= 0.3 is 0 Å². The minimum absolute atomic E-state index is 0.0545. The Hall–Kier alpha value is -3.10. The van der Waals surface area contributed by atoms with Crippen LogP contribution < -0.4 is 0 Å². The van der Waals surface area contributed by atoms with Gasteiger partial charge in [-0.05, 0) is 54.3 Å². The molecule has 4 rings (SSSR count). The molecule has 2 amide bonds. The van der Waals surface area contributed by atoms with E-state index in [2.05, 4.69) is 17.9 Å². The van der Waals surface area contributed by atoms with Crippen molar-refractivity contribution in [2.24, 2.45) is 5.10 Å². The Kier molecular flexibility index (Phi) is 7.93. The van der Waals surface area contributed by atoms with Crippen LogP contribution in [0.5, 0.6) is 0 Å². The average Bonchev–Trinajstić information content (AvgIpc) is 3.30. The number of morpholine rings is 1. The van der Waals surface area contributed by atoms with Crippen LogP contribution in [0.25, 0.3) is 0 Å². The third kappa shape index (κ3) is 6.13. The van der Waals surface area contributed by atoms with Gasteiger partial charge in [0, 0.05) is 39.5 Å². The summed E-state index contributed by atoms with van der Waals surface area (Å²) >= 11 is 0. The van der Waals surface area contributed by atoms with Gasteiger partial charge in [-0.25, -0.2) is 9.40 Å². The van der Waals surface area contributed by atoms with Gasteiger partial charge in [0.05, 0.1) is 25.0 Å². The van der Waals surface area contributed by atoms with Crippen LogP contribution >= 0.6 is 0 Å². The Labute approximate surface area is 206 Å². The quantitative estimate of drug-likeness (QED) is 0.610. The molecule has 2 aromatic rings. The number of benzene rings is 2. The van der Waals surface area contributed by atoms with E-state index in [0.29, 0.717) is 32.7 Å². The van der Waals surface area contributed by atoms with Crippen molar-refractivity contribution in [3.63, 3.8) is 0 Å². The molecule has 0 aromatic heterocycles. The van der Waals surface area contributed by atoms with E-state index in [4.69, 9.17) is 9.84 Å². The van der Waals surface area contributed by atoms with Gasteiger partial charge in [-0.1, -0.05) is 24.3 Å². The largest absolute Gasteiger partial charge is 0.379 e. The summed E-state index contributed by atoms with van der Waals surface area (Å²) in [6.45, 7) is 9.69. The van der Waals surface area contributed by atoms with Crippen LogP contribution in [0.3, 0.4) is 0 Å². The molecule has 0 N–H and O–H groups in total. The van der Waals surface area contributed by atoms with Gasteiger partial charge in [-0.15, -0.1) is 0 Å². The first-order chi connectivity index (χ1) is 16.8. The van der Waals surface area contributed by atoms with E-state index in [9.17, 15) is 14.0 Å². The Morgan fingerprint density at radius 2 is 1.80 bits per heavy atom. The van der Waals surface area contributed by atoms with E-state index >= 15 is 0 Å². The molecule has 1 saturated heterocycles. The summed E-state index contributed by atoms with van der Waals surface area (Å²) in [6, 6.07) is 12.0. The van der Waals surface area contributed by atoms with E-state index in [1.165, 1.54) is 29.6 Å². The first-order valence-corrected chi connectivity index (χ1v) is 12.1. The number of ether oxygens (including phenoxy) is 1. The molecule has 35 heavy (non-hydrogen) atoms. The molecule has 1 atom stereocenters. The van der Waals surface area contributed by atoms with E-state index in [0.717, 1.165) is 35.5 Å². The fourth-order valence-corrected chi connectivity index (χ4v) is 4.45. The van der Waals surface area contributed by atoms with Crippen molar-refractivity contribution < 1.29 is 18.7 Å². The summed E-state index contributed by atoms with van der Waals surface area (Å²) < 4.78 is 19.0. The van der Waals surface area contributed by atoms with Gasteiger partial charge in [-0.2, -0.15) is 5.10 Å². The SMILES string of the molecule is CC(=O)N(CCN1CCOCC1)CC(=O)N1N=C(c2ccc(C)c(C)c2)C[C@@H]1c1ccc(F)cc1. The topological polar surface area (TPSA) is 65.5 Å². The van der Waals surface area contributed by atoms with Crippen LogP contribution in [0.4, 0.5) is 4.39 Å². The molecule has 0 aliphatic carbocycles. The lowest BCUT2D eigenvalue weighted by Crippen LogP contribution is -2.45. The van der Waals surface area contributed by atoms with Gasteiger partial charge in [0.15, 0.2) is 0 Å². The van der Waals surface area contributed by atoms with E-state index < -0.39 is 0 Å². The first kappa shape index (κ1) is 25.0. The molecule has 7 nitrogen and oxygen atoms in total. The van der Waals surface area contributed by atoms with Gasteiger partial charge in [0.2, 0.25) is 5.91 Å². The number of nitrogens with zero attached hydrogens (tertiary/aromatic N) is 4. The van der Waals surface area contributed by atoms with Crippen LogP contribution in [0, 0.1) is 19.7 Å². The monoisotopic (exact) mass is 480 g/mol. The Morgan fingerprint density at radius 3 is 2.46 bits per heavy atom. The summed E-state index contributed by atoms with van der Waals surface area (Å²) in [5.41, 5.74) is 4.92. The van der Waals surface area contributed by atoms with Gasteiger partial charge in [-0.3, -0.25) is 14.5 Å².